The van der Waals surface area contributed by atoms with Crippen LogP contribution >= 0.6 is 0 Å². The van der Waals surface area contributed by atoms with Crippen molar-refractivity contribution in [3.63, 3.8) is 0 Å². The molecule has 1 saturated heterocycles. The van der Waals surface area contributed by atoms with E-state index in [-0.39, 0.29) is 24.0 Å². The topological polar surface area (TPSA) is 68.7 Å². The number of fused-ring (bicyclic) bond motifs is 1. The van der Waals surface area contributed by atoms with Gasteiger partial charge in [-0.1, -0.05) is 13.0 Å². The predicted molar refractivity (Wildman–Crippen MR) is 86.4 cm³/mol. The molecule has 6 nitrogen and oxygen atoms in total. The van der Waals surface area contributed by atoms with E-state index in [0.717, 1.165) is 18.5 Å². The minimum Gasteiger partial charge on any atom is -0.372 e. The van der Waals surface area contributed by atoms with Crippen molar-refractivity contribution in [2.45, 2.75) is 51.0 Å². The molecule has 0 aromatic carbocycles. The molecule has 128 valence electrons. The Labute approximate surface area is 137 Å². The first kappa shape index (κ1) is 16.8. The molecule has 0 spiro atoms. The molecule has 2 fully saturated rings. The summed E-state index contributed by atoms with van der Waals surface area (Å²) in [5.74, 6) is 0.204. The SMILES string of the molecule is CCCS(=O)(=O)N1CCO[C@H]2[C@H](OCc3ccccn3)CC[C@@H]21. The summed E-state index contributed by atoms with van der Waals surface area (Å²) in [5.41, 5.74) is 0.877. The normalized spacial score (nSPS) is 28.7. The number of pyridine rings is 1. The van der Waals surface area contributed by atoms with Gasteiger partial charge in [-0.15, -0.1) is 0 Å². The average molecular weight is 340 g/mol. The van der Waals surface area contributed by atoms with Gasteiger partial charge in [0.2, 0.25) is 10.0 Å². The van der Waals surface area contributed by atoms with Gasteiger partial charge in [0, 0.05) is 12.7 Å². The smallest absolute Gasteiger partial charge is 0.214 e. The summed E-state index contributed by atoms with van der Waals surface area (Å²) in [4.78, 5) is 4.25. The highest BCUT2D eigenvalue weighted by Gasteiger charge is 2.46. The summed E-state index contributed by atoms with van der Waals surface area (Å²) >= 11 is 0. The zero-order valence-electron chi connectivity index (χ0n) is 13.4. The van der Waals surface area contributed by atoms with E-state index < -0.39 is 10.0 Å². The van der Waals surface area contributed by atoms with Crippen LogP contribution in [0.3, 0.4) is 0 Å². The molecule has 0 bridgehead atoms. The Bertz CT molecular complexity index is 608. The first-order chi connectivity index (χ1) is 11.1. The number of hydrogen-bond acceptors (Lipinski definition) is 5. The van der Waals surface area contributed by atoms with Crippen LogP contribution in [0.25, 0.3) is 0 Å². The van der Waals surface area contributed by atoms with E-state index in [1.807, 2.05) is 25.1 Å². The van der Waals surface area contributed by atoms with Crippen molar-refractivity contribution >= 4 is 10.0 Å². The van der Waals surface area contributed by atoms with Crippen LogP contribution in [0.1, 0.15) is 31.9 Å². The minimum absolute atomic E-state index is 0.0679. The van der Waals surface area contributed by atoms with Gasteiger partial charge >= 0.3 is 0 Å². The molecule has 1 saturated carbocycles. The van der Waals surface area contributed by atoms with Crippen molar-refractivity contribution in [2.75, 3.05) is 18.9 Å². The molecule has 0 N–H and O–H groups in total. The van der Waals surface area contributed by atoms with Crippen molar-refractivity contribution in [3.8, 4) is 0 Å². The first-order valence-electron chi connectivity index (χ1n) is 8.24. The third kappa shape index (κ3) is 3.74. The second-order valence-corrected chi connectivity index (χ2v) is 8.12. The number of rotatable bonds is 6. The lowest BCUT2D eigenvalue weighted by Crippen LogP contribution is -2.54. The van der Waals surface area contributed by atoms with E-state index in [1.165, 1.54) is 0 Å². The van der Waals surface area contributed by atoms with Crippen LogP contribution in [0.4, 0.5) is 0 Å². The summed E-state index contributed by atoms with van der Waals surface area (Å²) in [6.07, 6.45) is 3.75. The predicted octanol–water partition coefficient (Wildman–Crippen LogP) is 1.57. The minimum atomic E-state index is -3.19. The fourth-order valence-corrected chi connectivity index (χ4v) is 5.20. The summed E-state index contributed by atoms with van der Waals surface area (Å²) < 4.78 is 38.3. The maximum atomic E-state index is 12.4. The molecule has 23 heavy (non-hydrogen) atoms. The first-order valence-corrected chi connectivity index (χ1v) is 9.85. The molecule has 1 aromatic heterocycles. The van der Waals surface area contributed by atoms with Gasteiger partial charge in [0.15, 0.2) is 0 Å². The van der Waals surface area contributed by atoms with Crippen LogP contribution in [0.15, 0.2) is 24.4 Å². The zero-order valence-corrected chi connectivity index (χ0v) is 14.2. The molecular formula is C16H24N2O4S. The summed E-state index contributed by atoms with van der Waals surface area (Å²) in [7, 11) is -3.19. The number of aromatic nitrogens is 1. The van der Waals surface area contributed by atoms with Crippen molar-refractivity contribution in [1.29, 1.82) is 0 Å². The maximum Gasteiger partial charge on any atom is 0.214 e. The van der Waals surface area contributed by atoms with Crippen molar-refractivity contribution < 1.29 is 17.9 Å². The molecule has 2 heterocycles. The highest BCUT2D eigenvalue weighted by Crippen LogP contribution is 2.34. The highest BCUT2D eigenvalue weighted by molar-refractivity contribution is 7.89. The van der Waals surface area contributed by atoms with Gasteiger partial charge in [0.05, 0.1) is 36.8 Å². The Kier molecular flexibility index (Phi) is 5.31. The largest absolute Gasteiger partial charge is 0.372 e. The van der Waals surface area contributed by atoms with E-state index in [4.69, 9.17) is 9.47 Å². The molecule has 3 atom stereocenters. The van der Waals surface area contributed by atoms with Crippen LogP contribution in [-0.4, -0.2) is 54.9 Å². The van der Waals surface area contributed by atoms with Crippen LogP contribution in [0.5, 0.6) is 0 Å². The molecule has 1 aromatic rings. The Hall–Kier alpha value is -1.02. The van der Waals surface area contributed by atoms with Gasteiger partial charge in [-0.25, -0.2) is 8.42 Å². The van der Waals surface area contributed by atoms with E-state index in [0.29, 0.717) is 26.2 Å². The number of morpholine rings is 1. The Morgan fingerprint density at radius 3 is 3.00 bits per heavy atom. The third-order valence-corrected chi connectivity index (χ3v) is 6.57. The number of nitrogens with zero attached hydrogens (tertiary/aromatic N) is 2. The lowest BCUT2D eigenvalue weighted by Gasteiger charge is -2.38. The Morgan fingerprint density at radius 1 is 1.39 bits per heavy atom. The quantitative estimate of drug-likeness (QED) is 0.786. The van der Waals surface area contributed by atoms with Crippen molar-refractivity contribution in [3.05, 3.63) is 30.1 Å². The molecule has 1 aliphatic carbocycles. The monoisotopic (exact) mass is 340 g/mol. The van der Waals surface area contributed by atoms with Crippen molar-refractivity contribution in [2.24, 2.45) is 0 Å². The van der Waals surface area contributed by atoms with Crippen LogP contribution in [0, 0.1) is 0 Å². The third-order valence-electron chi connectivity index (χ3n) is 4.48. The molecule has 0 unspecified atom stereocenters. The number of hydrogen-bond donors (Lipinski definition) is 0. The maximum absolute atomic E-state index is 12.4. The molecule has 2 aliphatic rings. The standard InChI is InChI=1S/C16H24N2O4S/c1-2-11-23(19,20)18-9-10-21-16-14(18)6-7-15(16)22-12-13-5-3-4-8-17-13/h3-5,8,14-16H,2,6-7,9-12H2,1H3/t14-,15+,16+/m0/s1. The number of sulfonamides is 1. The van der Waals surface area contributed by atoms with E-state index >= 15 is 0 Å². The molecule has 7 heteroatoms. The molecule has 1 aliphatic heterocycles. The Morgan fingerprint density at radius 2 is 2.26 bits per heavy atom. The fourth-order valence-electron chi connectivity index (χ4n) is 3.46. The molecule has 0 amide bonds. The lowest BCUT2D eigenvalue weighted by atomic mass is 10.1. The zero-order chi connectivity index (χ0) is 16.3. The van der Waals surface area contributed by atoms with Gasteiger partial charge in [0.1, 0.15) is 6.10 Å². The average Bonchev–Trinajstić information content (AvgIpc) is 2.97. The lowest BCUT2D eigenvalue weighted by molar-refractivity contribution is -0.101. The van der Waals surface area contributed by atoms with Gasteiger partial charge in [-0.3, -0.25) is 4.98 Å². The molecular weight excluding hydrogens is 316 g/mol. The van der Waals surface area contributed by atoms with E-state index in [2.05, 4.69) is 4.98 Å². The van der Waals surface area contributed by atoms with E-state index in [1.54, 1.807) is 10.5 Å². The number of ether oxygens (including phenoxy) is 2. The van der Waals surface area contributed by atoms with Crippen LogP contribution < -0.4 is 0 Å². The molecule has 0 radical (unpaired) electrons. The summed E-state index contributed by atoms with van der Waals surface area (Å²) in [6, 6.07) is 5.63. The van der Waals surface area contributed by atoms with Gasteiger partial charge < -0.3 is 9.47 Å². The van der Waals surface area contributed by atoms with Gasteiger partial charge in [-0.05, 0) is 31.4 Å². The fraction of sp³-hybridized carbons (Fsp3) is 0.688. The van der Waals surface area contributed by atoms with Crippen LogP contribution in [-0.2, 0) is 26.1 Å². The Balaban J connectivity index is 1.64. The second-order valence-electron chi connectivity index (χ2n) is 6.08. The van der Waals surface area contributed by atoms with Gasteiger partial charge in [0.25, 0.3) is 0 Å². The van der Waals surface area contributed by atoms with Crippen molar-refractivity contribution in [1.82, 2.24) is 9.29 Å². The highest BCUT2D eigenvalue weighted by atomic mass is 32.2. The summed E-state index contributed by atoms with van der Waals surface area (Å²) in [5, 5.41) is 0. The van der Waals surface area contributed by atoms with Crippen LogP contribution in [0.2, 0.25) is 0 Å². The summed E-state index contributed by atoms with van der Waals surface area (Å²) in [6.45, 7) is 3.21. The molecule has 3 rings (SSSR count). The van der Waals surface area contributed by atoms with E-state index in [9.17, 15) is 8.42 Å². The van der Waals surface area contributed by atoms with Gasteiger partial charge in [-0.2, -0.15) is 4.31 Å². The second kappa shape index (κ2) is 7.25.